The summed E-state index contributed by atoms with van der Waals surface area (Å²) in [6, 6.07) is 14.4. The Morgan fingerprint density at radius 3 is 2.53 bits per heavy atom. The molecule has 3 aromatic rings. The van der Waals surface area contributed by atoms with Gasteiger partial charge in [0.25, 0.3) is 0 Å². The molecule has 30 heavy (non-hydrogen) atoms. The van der Waals surface area contributed by atoms with Crippen LogP contribution in [0.15, 0.2) is 57.8 Å². The minimum absolute atomic E-state index is 0.122. The maximum absolute atomic E-state index is 13.1. The molecule has 2 aromatic carbocycles. The van der Waals surface area contributed by atoms with Crippen LogP contribution in [0.4, 0.5) is 0 Å². The van der Waals surface area contributed by atoms with Crippen LogP contribution in [-0.4, -0.2) is 42.6 Å². The fraction of sp³-hybridized carbons (Fsp3) is 0.364. The number of sulfonamides is 1. The molecular weight excluding hydrogens is 402 g/mol. The summed E-state index contributed by atoms with van der Waals surface area (Å²) in [5.41, 5.74) is 2.01. The average molecular weight is 428 g/mol. The molecule has 1 atom stereocenters. The van der Waals surface area contributed by atoms with E-state index in [0.29, 0.717) is 37.2 Å². The number of hydrogen-bond acceptors (Lipinski definition) is 6. The van der Waals surface area contributed by atoms with E-state index in [1.807, 2.05) is 38.1 Å². The van der Waals surface area contributed by atoms with Crippen molar-refractivity contribution >= 4 is 10.0 Å². The lowest BCUT2D eigenvalue weighted by Gasteiger charge is -2.30. The second-order valence-electron chi connectivity index (χ2n) is 7.42. The van der Waals surface area contributed by atoms with E-state index >= 15 is 0 Å². The van der Waals surface area contributed by atoms with Gasteiger partial charge in [0.15, 0.2) is 0 Å². The molecule has 0 unspecified atom stereocenters. The number of benzene rings is 2. The third kappa shape index (κ3) is 4.24. The van der Waals surface area contributed by atoms with Crippen LogP contribution in [-0.2, 0) is 10.0 Å². The largest absolute Gasteiger partial charge is 0.494 e. The first-order chi connectivity index (χ1) is 14.5. The van der Waals surface area contributed by atoms with Gasteiger partial charge >= 0.3 is 0 Å². The highest BCUT2D eigenvalue weighted by Crippen LogP contribution is 2.31. The smallest absolute Gasteiger partial charge is 0.247 e. The molecule has 0 N–H and O–H groups in total. The van der Waals surface area contributed by atoms with Gasteiger partial charge in [0, 0.05) is 18.7 Å². The molecule has 0 aliphatic carbocycles. The molecule has 7 nitrogen and oxygen atoms in total. The van der Waals surface area contributed by atoms with Crippen molar-refractivity contribution in [2.45, 2.75) is 37.5 Å². The molecule has 0 radical (unpaired) electrons. The van der Waals surface area contributed by atoms with Crippen molar-refractivity contribution in [3.05, 3.63) is 60.0 Å². The summed E-state index contributed by atoms with van der Waals surface area (Å²) >= 11 is 0. The first-order valence-corrected chi connectivity index (χ1v) is 11.5. The lowest BCUT2D eigenvalue weighted by molar-refractivity contribution is 0.286. The second kappa shape index (κ2) is 8.57. The highest BCUT2D eigenvalue weighted by Gasteiger charge is 2.33. The van der Waals surface area contributed by atoms with Crippen LogP contribution < -0.4 is 4.74 Å². The van der Waals surface area contributed by atoms with Gasteiger partial charge in [0.05, 0.1) is 17.4 Å². The Bertz CT molecular complexity index is 1090. The number of aryl methyl sites for hydroxylation is 1. The normalized spacial score (nSPS) is 17.7. The third-order valence-corrected chi connectivity index (χ3v) is 7.12. The molecule has 0 saturated carbocycles. The van der Waals surface area contributed by atoms with Crippen LogP contribution in [0.2, 0.25) is 0 Å². The van der Waals surface area contributed by atoms with Gasteiger partial charge in [0.1, 0.15) is 5.75 Å². The van der Waals surface area contributed by atoms with E-state index in [2.05, 4.69) is 10.2 Å². The highest BCUT2D eigenvalue weighted by molar-refractivity contribution is 7.89. The maximum atomic E-state index is 13.1. The highest BCUT2D eigenvalue weighted by atomic mass is 32.2. The zero-order chi connectivity index (χ0) is 21.1. The molecule has 0 amide bonds. The number of ether oxygens (including phenoxy) is 1. The van der Waals surface area contributed by atoms with Gasteiger partial charge < -0.3 is 9.15 Å². The molecule has 1 fully saturated rings. The molecule has 4 rings (SSSR count). The molecule has 8 heteroatoms. The summed E-state index contributed by atoms with van der Waals surface area (Å²) in [4.78, 5) is 0.262. The molecule has 1 aliphatic rings. The van der Waals surface area contributed by atoms with Crippen molar-refractivity contribution in [1.29, 1.82) is 0 Å². The lowest BCUT2D eigenvalue weighted by Crippen LogP contribution is -2.39. The first-order valence-electron chi connectivity index (χ1n) is 10.1. The van der Waals surface area contributed by atoms with Gasteiger partial charge in [-0.2, -0.15) is 4.31 Å². The SMILES string of the molecule is CCOc1ccc(S(=O)(=O)N2CCC[C@@H](c3nnc(-c4ccc(C)cc4)o3)C2)cc1. The van der Waals surface area contributed by atoms with Crippen molar-refractivity contribution in [1.82, 2.24) is 14.5 Å². The number of nitrogens with zero attached hydrogens (tertiary/aromatic N) is 3. The van der Waals surface area contributed by atoms with Crippen LogP contribution in [0.3, 0.4) is 0 Å². The van der Waals surface area contributed by atoms with Gasteiger partial charge in [-0.05, 0) is 63.1 Å². The van der Waals surface area contributed by atoms with E-state index in [-0.39, 0.29) is 10.8 Å². The molecule has 1 aromatic heterocycles. The summed E-state index contributed by atoms with van der Waals surface area (Å²) in [6.07, 6.45) is 1.55. The van der Waals surface area contributed by atoms with Crippen LogP contribution in [0.25, 0.3) is 11.5 Å². The fourth-order valence-corrected chi connectivity index (χ4v) is 5.12. The summed E-state index contributed by atoms with van der Waals surface area (Å²) in [5.74, 6) is 1.47. The third-order valence-electron chi connectivity index (χ3n) is 5.25. The Hall–Kier alpha value is -2.71. The molecular formula is C22H25N3O4S. The van der Waals surface area contributed by atoms with E-state index in [1.165, 1.54) is 4.31 Å². The van der Waals surface area contributed by atoms with Gasteiger partial charge in [-0.15, -0.1) is 10.2 Å². The fourth-order valence-electron chi connectivity index (χ4n) is 3.60. The molecule has 1 aliphatic heterocycles. The molecule has 0 spiro atoms. The van der Waals surface area contributed by atoms with Crippen LogP contribution in [0.5, 0.6) is 5.75 Å². The van der Waals surface area contributed by atoms with Crippen LogP contribution >= 0.6 is 0 Å². The number of hydrogen-bond donors (Lipinski definition) is 0. The van der Waals surface area contributed by atoms with E-state index < -0.39 is 10.0 Å². The average Bonchev–Trinajstić information content (AvgIpc) is 3.25. The lowest BCUT2D eigenvalue weighted by atomic mass is 10.00. The standard InChI is InChI=1S/C22H25N3O4S/c1-3-28-19-10-12-20(13-11-19)30(26,27)25-14-4-5-18(15-25)22-24-23-21(29-22)17-8-6-16(2)7-9-17/h6-13,18H,3-5,14-15H2,1-2H3/t18-/m1/s1. The quantitative estimate of drug-likeness (QED) is 0.591. The Morgan fingerprint density at radius 2 is 1.83 bits per heavy atom. The van der Waals surface area contributed by atoms with Crippen LogP contribution in [0.1, 0.15) is 37.1 Å². The Labute approximate surface area is 176 Å². The van der Waals surface area contributed by atoms with Crippen LogP contribution in [0, 0.1) is 6.92 Å². The molecule has 2 heterocycles. The maximum Gasteiger partial charge on any atom is 0.247 e. The van der Waals surface area contributed by atoms with Crippen molar-refractivity contribution in [2.75, 3.05) is 19.7 Å². The van der Waals surface area contributed by atoms with Gasteiger partial charge in [-0.1, -0.05) is 17.7 Å². The van der Waals surface area contributed by atoms with Crippen molar-refractivity contribution < 1.29 is 17.6 Å². The van der Waals surface area contributed by atoms with Gasteiger partial charge in [-0.3, -0.25) is 0 Å². The van der Waals surface area contributed by atoms with Crippen molar-refractivity contribution in [3.8, 4) is 17.2 Å². The summed E-state index contributed by atoms with van der Waals surface area (Å²) in [6.45, 7) is 5.25. The monoisotopic (exact) mass is 427 g/mol. The number of rotatable bonds is 6. The van der Waals surface area contributed by atoms with E-state index in [1.54, 1.807) is 24.3 Å². The first kappa shape index (κ1) is 20.6. The summed E-state index contributed by atoms with van der Waals surface area (Å²) < 4.78 is 39.0. The topological polar surface area (TPSA) is 85.5 Å². The van der Waals surface area contributed by atoms with Crippen molar-refractivity contribution in [3.63, 3.8) is 0 Å². The molecule has 1 saturated heterocycles. The van der Waals surface area contributed by atoms with Crippen molar-refractivity contribution in [2.24, 2.45) is 0 Å². The molecule has 158 valence electrons. The predicted octanol–water partition coefficient (Wildman–Crippen LogP) is 4.01. The van der Waals surface area contributed by atoms with Gasteiger partial charge in [-0.25, -0.2) is 8.42 Å². The zero-order valence-electron chi connectivity index (χ0n) is 17.1. The van der Waals surface area contributed by atoms with E-state index in [4.69, 9.17) is 9.15 Å². The summed E-state index contributed by atoms with van der Waals surface area (Å²) in [7, 11) is -3.60. The second-order valence-corrected chi connectivity index (χ2v) is 9.36. The number of aromatic nitrogens is 2. The Balaban J connectivity index is 1.51. The Kier molecular flexibility index (Phi) is 5.87. The molecule has 0 bridgehead atoms. The van der Waals surface area contributed by atoms with Gasteiger partial charge in [0.2, 0.25) is 21.8 Å². The number of piperidine rings is 1. The Morgan fingerprint density at radius 1 is 1.10 bits per heavy atom. The predicted molar refractivity (Wildman–Crippen MR) is 113 cm³/mol. The zero-order valence-corrected chi connectivity index (χ0v) is 17.9. The van der Waals surface area contributed by atoms with E-state index in [9.17, 15) is 8.42 Å². The summed E-state index contributed by atoms with van der Waals surface area (Å²) in [5, 5.41) is 8.37. The van der Waals surface area contributed by atoms with E-state index in [0.717, 1.165) is 24.0 Å². The minimum Gasteiger partial charge on any atom is -0.494 e. The minimum atomic E-state index is -3.60.